The summed E-state index contributed by atoms with van der Waals surface area (Å²) in [6.45, 7) is 2.73. The Labute approximate surface area is 178 Å². The lowest BCUT2D eigenvalue weighted by atomic mass is 9.97. The van der Waals surface area contributed by atoms with Crippen molar-refractivity contribution in [1.29, 1.82) is 0 Å². The Kier molecular flexibility index (Phi) is 4.56. The maximum absolute atomic E-state index is 13.0. The molecule has 2 aliphatic heterocycles. The number of urea groups is 1. The van der Waals surface area contributed by atoms with E-state index in [0.717, 1.165) is 32.0 Å². The summed E-state index contributed by atoms with van der Waals surface area (Å²) in [5, 5.41) is 1.41. The zero-order chi connectivity index (χ0) is 20.8. The molecular weight excluding hydrogens is 398 g/mol. The van der Waals surface area contributed by atoms with Gasteiger partial charge in [0.1, 0.15) is 18.7 Å². The highest BCUT2D eigenvalue weighted by atomic mass is 32.1. The Morgan fingerprint density at radius 3 is 2.63 bits per heavy atom. The van der Waals surface area contributed by atoms with Gasteiger partial charge in [-0.25, -0.2) is 4.79 Å². The zero-order valence-corrected chi connectivity index (χ0v) is 17.3. The van der Waals surface area contributed by atoms with E-state index in [4.69, 9.17) is 10.6 Å². The van der Waals surface area contributed by atoms with E-state index in [9.17, 15) is 9.59 Å². The Morgan fingerprint density at radius 1 is 1.17 bits per heavy atom. The molecule has 6 nitrogen and oxygen atoms in total. The monoisotopic (exact) mass is 419 g/mol. The molecule has 3 aromatic rings. The Balaban J connectivity index is 1.52. The van der Waals surface area contributed by atoms with Gasteiger partial charge in [-0.1, -0.05) is 54.6 Å². The summed E-state index contributed by atoms with van der Waals surface area (Å²) >= 11 is 1.53. The molecule has 1 saturated heterocycles. The molecule has 30 heavy (non-hydrogen) atoms. The topological polar surface area (TPSA) is 75.9 Å². The summed E-state index contributed by atoms with van der Waals surface area (Å²) in [4.78, 5) is 34.7. The van der Waals surface area contributed by atoms with Crippen LogP contribution in [0.3, 0.4) is 0 Å². The van der Waals surface area contributed by atoms with Crippen LogP contribution in [-0.2, 0) is 16.2 Å². The predicted molar refractivity (Wildman–Crippen MR) is 114 cm³/mol. The van der Waals surface area contributed by atoms with Crippen LogP contribution in [-0.4, -0.2) is 28.4 Å². The van der Waals surface area contributed by atoms with Crippen LogP contribution >= 0.6 is 11.3 Å². The second-order valence-electron chi connectivity index (χ2n) is 7.59. The third kappa shape index (κ3) is 2.98. The molecule has 0 saturated carbocycles. The lowest BCUT2D eigenvalue weighted by molar-refractivity contribution is -0.141. The van der Waals surface area contributed by atoms with Crippen LogP contribution in [0.25, 0.3) is 10.4 Å². The van der Waals surface area contributed by atoms with Crippen molar-refractivity contribution in [3.05, 3.63) is 82.2 Å². The lowest BCUT2D eigenvalue weighted by Gasteiger charge is -2.28. The smallest absolute Gasteiger partial charge is 0.345 e. The number of nitrogens with zero attached hydrogens (tertiary/aromatic N) is 2. The summed E-state index contributed by atoms with van der Waals surface area (Å²) in [5.74, 6) is -0.522. The van der Waals surface area contributed by atoms with E-state index in [1.807, 2.05) is 42.5 Å². The standard InChI is InChI=1S/C23H21N3O3S/c1-14-7-5-6-10-16(14)19-11-17-18-12-25(20(22(24)27)21(17)30-19)23(28)26(18)29-13-15-8-3-2-4-9-15/h2-11,18,20H,12-13H2,1H3,(H2,24,27). The summed E-state index contributed by atoms with van der Waals surface area (Å²) < 4.78 is 0. The van der Waals surface area contributed by atoms with E-state index in [1.165, 1.54) is 21.3 Å². The van der Waals surface area contributed by atoms with Crippen molar-refractivity contribution in [3.63, 3.8) is 0 Å². The number of fused-ring (bicyclic) bond motifs is 4. The number of nitrogens with two attached hydrogens (primary N) is 1. The number of rotatable bonds is 5. The maximum Gasteiger partial charge on any atom is 0.345 e. The van der Waals surface area contributed by atoms with Gasteiger partial charge in [-0.15, -0.1) is 11.3 Å². The molecule has 0 radical (unpaired) electrons. The van der Waals surface area contributed by atoms with Gasteiger partial charge in [0, 0.05) is 9.75 Å². The average Bonchev–Trinajstić information content (AvgIpc) is 3.29. The fourth-order valence-corrected chi connectivity index (χ4v) is 5.63. The first-order chi connectivity index (χ1) is 14.5. The van der Waals surface area contributed by atoms with Crippen molar-refractivity contribution < 1.29 is 14.4 Å². The fraction of sp³-hybridized carbons (Fsp3) is 0.217. The van der Waals surface area contributed by atoms with Crippen LogP contribution < -0.4 is 5.73 Å². The van der Waals surface area contributed by atoms with Gasteiger partial charge in [0.2, 0.25) is 5.91 Å². The zero-order valence-electron chi connectivity index (χ0n) is 16.4. The van der Waals surface area contributed by atoms with Crippen LogP contribution in [0, 0.1) is 6.92 Å². The van der Waals surface area contributed by atoms with Crippen molar-refractivity contribution in [3.8, 4) is 10.4 Å². The van der Waals surface area contributed by atoms with Gasteiger partial charge in [0.25, 0.3) is 0 Å². The first-order valence-electron chi connectivity index (χ1n) is 9.80. The highest BCUT2D eigenvalue weighted by molar-refractivity contribution is 7.16. The largest absolute Gasteiger partial charge is 0.368 e. The first-order valence-corrected chi connectivity index (χ1v) is 10.6. The summed E-state index contributed by atoms with van der Waals surface area (Å²) in [5.41, 5.74) is 9.92. The SMILES string of the molecule is Cc1ccccc1-c1cc2c(s1)C(C(N)=O)N1CC2N(OCc2ccccc2)C1=O. The van der Waals surface area contributed by atoms with Gasteiger partial charge >= 0.3 is 6.03 Å². The molecule has 0 aliphatic carbocycles. The molecule has 5 rings (SSSR count). The second kappa shape index (κ2) is 7.27. The molecule has 2 unspecified atom stereocenters. The Morgan fingerprint density at radius 2 is 1.90 bits per heavy atom. The normalized spacial score (nSPS) is 19.8. The highest BCUT2D eigenvalue weighted by Gasteiger charge is 2.51. The van der Waals surface area contributed by atoms with Gasteiger partial charge in [-0.3, -0.25) is 9.63 Å². The van der Waals surface area contributed by atoms with Crippen LogP contribution in [0.1, 0.15) is 33.7 Å². The fourth-order valence-electron chi connectivity index (χ4n) is 4.20. The molecule has 0 spiro atoms. The lowest BCUT2D eigenvalue weighted by Crippen LogP contribution is -2.40. The summed E-state index contributed by atoms with van der Waals surface area (Å²) in [7, 11) is 0. The number of amides is 3. The number of carbonyl (C=O) groups excluding carboxylic acids is 2. The molecule has 7 heteroatoms. The first kappa shape index (κ1) is 18.8. The number of carbonyl (C=O) groups is 2. The minimum absolute atomic E-state index is 0.263. The van der Waals surface area contributed by atoms with Gasteiger partial charge < -0.3 is 10.6 Å². The van der Waals surface area contributed by atoms with Crippen LogP contribution in [0.2, 0.25) is 0 Å². The molecule has 2 bridgehead atoms. The average molecular weight is 420 g/mol. The number of thiophene rings is 1. The molecule has 3 heterocycles. The Bertz CT molecular complexity index is 1130. The highest BCUT2D eigenvalue weighted by Crippen LogP contribution is 2.49. The molecule has 1 aromatic heterocycles. The van der Waals surface area contributed by atoms with E-state index in [2.05, 4.69) is 25.1 Å². The molecule has 2 aliphatic rings. The quantitative estimate of drug-likeness (QED) is 0.674. The van der Waals surface area contributed by atoms with Crippen molar-refractivity contribution in [2.45, 2.75) is 25.6 Å². The molecule has 1 fully saturated rings. The number of benzene rings is 2. The van der Waals surface area contributed by atoms with E-state index < -0.39 is 11.9 Å². The van der Waals surface area contributed by atoms with E-state index in [1.54, 1.807) is 0 Å². The van der Waals surface area contributed by atoms with Crippen molar-refractivity contribution in [2.75, 3.05) is 6.54 Å². The number of aryl methyl sites for hydroxylation is 1. The van der Waals surface area contributed by atoms with Gasteiger partial charge in [-0.05, 0) is 35.2 Å². The van der Waals surface area contributed by atoms with Crippen LogP contribution in [0.15, 0.2) is 60.7 Å². The Hall–Kier alpha value is -3.16. The van der Waals surface area contributed by atoms with Gasteiger partial charge in [0.15, 0.2) is 0 Å². The number of hydrogen-bond donors (Lipinski definition) is 1. The molecule has 2 atom stereocenters. The van der Waals surface area contributed by atoms with E-state index in [0.29, 0.717) is 6.54 Å². The van der Waals surface area contributed by atoms with Crippen LogP contribution in [0.5, 0.6) is 0 Å². The maximum atomic E-state index is 13.0. The number of hydroxylamine groups is 2. The summed E-state index contributed by atoms with van der Waals surface area (Å²) in [6, 6.07) is 18.6. The van der Waals surface area contributed by atoms with Crippen molar-refractivity contribution >= 4 is 23.3 Å². The predicted octanol–water partition coefficient (Wildman–Crippen LogP) is 4.17. The second-order valence-corrected chi connectivity index (χ2v) is 8.67. The molecule has 3 amide bonds. The van der Waals surface area contributed by atoms with Gasteiger partial charge in [-0.2, -0.15) is 5.06 Å². The number of hydrogen-bond acceptors (Lipinski definition) is 4. The molecule has 2 N–H and O–H groups in total. The third-order valence-electron chi connectivity index (χ3n) is 5.69. The van der Waals surface area contributed by atoms with Crippen molar-refractivity contribution in [2.24, 2.45) is 5.73 Å². The van der Waals surface area contributed by atoms with E-state index >= 15 is 0 Å². The van der Waals surface area contributed by atoms with Crippen molar-refractivity contribution in [1.82, 2.24) is 9.96 Å². The minimum atomic E-state index is -0.767. The van der Waals surface area contributed by atoms with E-state index in [-0.39, 0.29) is 18.7 Å². The number of primary amides is 1. The summed E-state index contributed by atoms with van der Waals surface area (Å²) in [6.07, 6.45) is 0. The minimum Gasteiger partial charge on any atom is -0.368 e. The molecule has 2 aromatic carbocycles. The molecule has 152 valence electrons. The van der Waals surface area contributed by atoms with Crippen LogP contribution in [0.4, 0.5) is 4.79 Å². The molecular formula is C23H21N3O3S. The van der Waals surface area contributed by atoms with Gasteiger partial charge in [0.05, 0.1) is 6.54 Å². The third-order valence-corrected chi connectivity index (χ3v) is 6.93.